The lowest BCUT2D eigenvalue weighted by Crippen LogP contribution is -2.58. The van der Waals surface area contributed by atoms with Gasteiger partial charge in [-0.3, -0.25) is 0 Å². The van der Waals surface area contributed by atoms with Gasteiger partial charge in [0.05, 0.1) is 11.1 Å². The largest absolute Gasteiger partial charge is 0.381 e. The molecule has 0 bridgehead atoms. The Kier molecular flexibility index (Phi) is 6.54. The summed E-state index contributed by atoms with van der Waals surface area (Å²) in [5, 5.41) is 7.91. The number of hydrogen-bond donors (Lipinski definition) is 2. The molecule has 0 saturated carbocycles. The third-order valence-electron chi connectivity index (χ3n) is 6.19. The van der Waals surface area contributed by atoms with E-state index in [1.165, 1.54) is 0 Å². The molecular weight excluding hydrogens is 423 g/mol. The molecule has 0 spiro atoms. The summed E-state index contributed by atoms with van der Waals surface area (Å²) in [6, 6.07) is 15.2. The summed E-state index contributed by atoms with van der Waals surface area (Å²) < 4.78 is 11.2. The van der Waals surface area contributed by atoms with E-state index < -0.39 is 11.1 Å². The summed E-state index contributed by atoms with van der Waals surface area (Å²) in [6.07, 6.45) is 2.83. The molecular formula is C23H26Cl2N2O3. The first-order valence-corrected chi connectivity index (χ1v) is 11.0. The molecule has 2 aromatic rings. The van der Waals surface area contributed by atoms with Crippen LogP contribution in [0.1, 0.15) is 36.8 Å². The van der Waals surface area contributed by atoms with Gasteiger partial charge in [-0.2, -0.15) is 0 Å². The van der Waals surface area contributed by atoms with Crippen molar-refractivity contribution in [3.05, 3.63) is 69.7 Å². The third-order valence-corrected chi connectivity index (χ3v) is 6.70. The lowest BCUT2D eigenvalue weighted by Gasteiger charge is -2.42. The molecule has 7 heteroatoms. The quantitative estimate of drug-likeness (QED) is 0.691. The number of nitrogens with one attached hydrogen (secondary N) is 2. The predicted molar refractivity (Wildman–Crippen MR) is 118 cm³/mol. The summed E-state index contributed by atoms with van der Waals surface area (Å²) in [4.78, 5) is 13.3. The van der Waals surface area contributed by atoms with Crippen molar-refractivity contribution in [3.63, 3.8) is 0 Å². The van der Waals surface area contributed by atoms with Crippen molar-refractivity contribution in [3.8, 4) is 0 Å². The van der Waals surface area contributed by atoms with Crippen LogP contribution in [0.15, 0.2) is 48.5 Å². The normalized spacial score (nSPS) is 20.3. The first-order chi connectivity index (χ1) is 14.5. The van der Waals surface area contributed by atoms with Crippen molar-refractivity contribution >= 4 is 29.2 Å². The van der Waals surface area contributed by atoms with E-state index in [4.69, 9.17) is 32.7 Å². The first kappa shape index (κ1) is 21.4. The van der Waals surface area contributed by atoms with Crippen molar-refractivity contribution in [2.24, 2.45) is 0 Å². The minimum atomic E-state index is -0.487. The molecule has 5 nitrogen and oxygen atoms in total. The van der Waals surface area contributed by atoms with Gasteiger partial charge in [0.1, 0.15) is 0 Å². The fraction of sp³-hybridized carbons (Fsp3) is 0.435. The van der Waals surface area contributed by atoms with Crippen molar-refractivity contribution in [1.82, 2.24) is 10.6 Å². The van der Waals surface area contributed by atoms with Gasteiger partial charge in [-0.15, -0.1) is 0 Å². The Hall–Kier alpha value is -1.79. The van der Waals surface area contributed by atoms with Crippen molar-refractivity contribution in [1.29, 1.82) is 0 Å². The number of hydrogen-bond acceptors (Lipinski definition) is 3. The highest BCUT2D eigenvalue weighted by molar-refractivity contribution is 6.30. The van der Waals surface area contributed by atoms with E-state index in [1.54, 1.807) is 0 Å². The van der Waals surface area contributed by atoms with Crippen LogP contribution >= 0.6 is 23.2 Å². The lowest BCUT2D eigenvalue weighted by atomic mass is 9.81. The number of rotatable bonds is 4. The minimum absolute atomic E-state index is 0.191. The fourth-order valence-electron chi connectivity index (χ4n) is 4.42. The number of urea groups is 1. The smallest absolute Gasteiger partial charge is 0.316 e. The minimum Gasteiger partial charge on any atom is -0.381 e. The molecule has 2 saturated heterocycles. The van der Waals surface area contributed by atoms with Gasteiger partial charge in [-0.1, -0.05) is 47.5 Å². The zero-order chi connectivity index (χ0) is 21.0. The highest BCUT2D eigenvalue weighted by atomic mass is 35.5. The van der Waals surface area contributed by atoms with E-state index in [0.29, 0.717) is 62.2 Å². The second-order valence-corrected chi connectivity index (χ2v) is 8.85. The molecule has 30 heavy (non-hydrogen) atoms. The van der Waals surface area contributed by atoms with Crippen molar-refractivity contribution < 1.29 is 14.3 Å². The van der Waals surface area contributed by atoms with Crippen LogP contribution in [0, 0.1) is 0 Å². The summed E-state index contributed by atoms with van der Waals surface area (Å²) in [5.41, 5.74) is 1.11. The molecule has 2 aromatic carbocycles. The number of carbonyl (C=O) groups excluding carboxylic acids is 1. The van der Waals surface area contributed by atoms with Crippen LogP contribution in [0.5, 0.6) is 0 Å². The molecule has 0 aromatic heterocycles. The Morgan fingerprint density at radius 2 is 1.00 bits per heavy atom. The van der Waals surface area contributed by atoms with Gasteiger partial charge in [0, 0.05) is 36.5 Å². The maximum absolute atomic E-state index is 13.3. The highest BCUT2D eigenvalue weighted by Crippen LogP contribution is 2.35. The summed E-state index contributed by atoms with van der Waals surface area (Å²) in [7, 11) is 0. The Labute approximate surface area is 187 Å². The van der Waals surface area contributed by atoms with E-state index in [2.05, 4.69) is 10.6 Å². The zero-order valence-electron chi connectivity index (χ0n) is 16.8. The second-order valence-electron chi connectivity index (χ2n) is 7.98. The van der Waals surface area contributed by atoms with Gasteiger partial charge in [-0.05, 0) is 61.1 Å². The monoisotopic (exact) mass is 448 g/mol. The lowest BCUT2D eigenvalue weighted by molar-refractivity contribution is 0.0321. The summed E-state index contributed by atoms with van der Waals surface area (Å²) in [6.45, 7) is 2.39. The van der Waals surface area contributed by atoms with Crippen LogP contribution < -0.4 is 10.6 Å². The van der Waals surface area contributed by atoms with E-state index >= 15 is 0 Å². The summed E-state index contributed by atoms with van der Waals surface area (Å²) in [5.74, 6) is 0. The number of halogens is 2. The SMILES string of the molecule is O=C(NC1(c2ccc(Cl)cc2)CCOCC1)NC1(c2ccc(Cl)cc2)CCOCC1. The fourth-order valence-corrected chi connectivity index (χ4v) is 4.67. The van der Waals surface area contributed by atoms with E-state index in [-0.39, 0.29) is 6.03 Å². The molecule has 0 radical (unpaired) electrons. The van der Waals surface area contributed by atoms with E-state index in [9.17, 15) is 4.79 Å². The van der Waals surface area contributed by atoms with Crippen molar-refractivity contribution in [2.45, 2.75) is 36.8 Å². The number of carbonyl (C=O) groups is 1. The molecule has 160 valence electrons. The van der Waals surface area contributed by atoms with Gasteiger partial charge in [0.25, 0.3) is 0 Å². The molecule has 0 aliphatic carbocycles. The molecule has 2 amide bonds. The number of ether oxygens (including phenoxy) is 2. The van der Waals surface area contributed by atoms with Crippen LogP contribution in [-0.4, -0.2) is 32.5 Å². The molecule has 2 aliphatic rings. The molecule has 0 atom stereocenters. The number of benzene rings is 2. The van der Waals surface area contributed by atoms with E-state index in [1.807, 2.05) is 48.5 Å². The van der Waals surface area contributed by atoms with Gasteiger partial charge in [0.15, 0.2) is 0 Å². The van der Waals surface area contributed by atoms with Crippen LogP contribution in [0.25, 0.3) is 0 Å². The average molecular weight is 449 g/mol. The van der Waals surface area contributed by atoms with E-state index in [0.717, 1.165) is 11.1 Å². The van der Waals surface area contributed by atoms with Gasteiger partial charge in [-0.25, -0.2) is 4.79 Å². The molecule has 4 rings (SSSR count). The summed E-state index contributed by atoms with van der Waals surface area (Å²) >= 11 is 12.2. The van der Waals surface area contributed by atoms with Crippen LogP contribution in [0.3, 0.4) is 0 Å². The first-order valence-electron chi connectivity index (χ1n) is 10.3. The van der Waals surface area contributed by atoms with Crippen molar-refractivity contribution in [2.75, 3.05) is 26.4 Å². The average Bonchev–Trinajstić information content (AvgIpc) is 2.76. The standard InChI is InChI=1S/C23H26Cl2N2O3/c24-19-5-1-17(2-6-19)22(9-13-29-14-10-22)26-21(28)27-23(11-15-30-16-12-23)18-3-7-20(25)8-4-18/h1-8H,9-16H2,(H2,26,27,28). The van der Waals surface area contributed by atoms with Gasteiger partial charge in [0.2, 0.25) is 0 Å². The van der Waals surface area contributed by atoms with Crippen LogP contribution in [0.2, 0.25) is 10.0 Å². The molecule has 2 heterocycles. The molecule has 2 fully saturated rings. The Morgan fingerprint density at radius 3 is 1.33 bits per heavy atom. The third kappa shape index (κ3) is 4.59. The highest BCUT2D eigenvalue weighted by Gasteiger charge is 2.40. The Bertz CT molecular complexity index is 788. The maximum atomic E-state index is 13.3. The molecule has 2 aliphatic heterocycles. The van der Waals surface area contributed by atoms with Crippen LogP contribution in [-0.2, 0) is 20.6 Å². The second kappa shape index (κ2) is 9.15. The maximum Gasteiger partial charge on any atom is 0.316 e. The Morgan fingerprint density at radius 1 is 0.667 bits per heavy atom. The van der Waals surface area contributed by atoms with Gasteiger partial charge >= 0.3 is 6.03 Å². The Balaban J connectivity index is 1.58. The topological polar surface area (TPSA) is 59.6 Å². The predicted octanol–water partition coefficient (Wildman–Crippen LogP) is 5.00. The van der Waals surface area contributed by atoms with Gasteiger partial charge < -0.3 is 20.1 Å². The molecule has 0 unspecified atom stereocenters. The molecule has 2 N–H and O–H groups in total. The van der Waals surface area contributed by atoms with Crippen LogP contribution in [0.4, 0.5) is 4.79 Å². The zero-order valence-corrected chi connectivity index (χ0v) is 18.3. The number of amides is 2.